The van der Waals surface area contributed by atoms with Gasteiger partial charge in [-0.2, -0.15) is 0 Å². The molecule has 0 radical (unpaired) electrons. The smallest absolute Gasteiger partial charge is 0.124 e. The number of halogens is 1. The van der Waals surface area contributed by atoms with E-state index in [4.69, 9.17) is 0 Å². The lowest BCUT2D eigenvalue weighted by atomic mass is 10.1. The van der Waals surface area contributed by atoms with Crippen molar-refractivity contribution in [2.45, 2.75) is 46.7 Å². The minimum atomic E-state index is -0.200. The molecule has 0 aliphatic heterocycles. The molecule has 1 heterocycles. The lowest BCUT2D eigenvalue weighted by Gasteiger charge is -2.19. The lowest BCUT2D eigenvalue weighted by molar-refractivity contribution is 0.425. The number of rotatable bonds is 3. The molecule has 0 spiro atoms. The first-order valence-electron chi connectivity index (χ1n) is 6.74. The van der Waals surface area contributed by atoms with Gasteiger partial charge >= 0.3 is 0 Å². The van der Waals surface area contributed by atoms with Gasteiger partial charge in [0, 0.05) is 22.5 Å². The molecule has 0 amide bonds. The van der Waals surface area contributed by atoms with Gasteiger partial charge in [0.1, 0.15) is 10.8 Å². The molecular formula is C16H21FN2S. The van der Waals surface area contributed by atoms with E-state index >= 15 is 0 Å². The maximum absolute atomic E-state index is 13.2. The predicted octanol–water partition coefficient (Wildman–Crippen LogP) is 4.45. The number of aryl methyl sites for hydroxylation is 2. The monoisotopic (exact) mass is 292 g/mol. The van der Waals surface area contributed by atoms with E-state index in [1.54, 1.807) is 17.4 Å². The normalized spacial score (nSPS) is 11.9. The SMILES string of the molecule is Cc1cc(F)ccc1-c1nc(C)c(CNC(C)(C)C)s1. The van der Waals surface area contributed by atoms with Gasteiger partial charge in [-0.1, -0.05) is 0 Å². The Morgan fingerprint density at radius 1 is 1.25 bits per heavy atom. The predicted molar refractivity (Wildman–Crippen MR) is 83.6 cm³/mol. The quantitative estimate of drug-likeness (QED) is 0.903. The van der Waals surface area contributed by atoms with Crippen molar-refractivity contribution >= 4 is 11.3 Å². The summed E-state index contributed by atoms with van der Waals surface area (Å²) in [5.41, 5.74) is 3.07. The summed E-state index contributed by atoms with van der Waals surface area (Å²) in [5.74, 6) is -0.200. The summed E-state index contributed by atoms with van der Waals surface area (Å²) in [6.07, 6.45) is 0. The van der Waals surface area contributed by atoms with Crippen LogP contribution < -0.4 is 5.32 Å². The lowest BCUT2D eigenvalue weighted by Crippen LogP contribution is -2.34. The molecule has 0 unspecified atom stereocenters. The van der Waals surface area contributed by atoms with Gasteiger partial charge in [0.2, 0.25) is 0 Å². The molecule has 0 saturated carbocycles. The number of thiazole rings is 1. The molecule has 2 aromatic rings. The molecule has 108 valence electrons. The van der Waals surface area contributed by atoms with Crippen molar-refractivity contribution < 1.29 is 4.39 Å². The summed E-state index contributed by atoms with van der Waals surface area (Å²) >= 11 is 1.68. The van der Waals surface area contributed by atoms with Crippen LogP contribution in [0.15, 0.2) is 18.2 Å². The van der Waals surface area contributed by atoms with E-state index in [0.29, 0.717) is 0 Å². The molecule has 1 aromatic heterocycles. The summed E-state index contributed by atoms with van der Waals surface area (Å²) in [4.78, 5) is 5.86. The highest BCUT2D eigenvalue weighted by molar-refractivity contribution is 7.15. The van der Waals surface area contributed by atoms with E-state index in [9.17, 15) is 4.39 Å². The first-order chi connectivity index (χ1) is 9.26. The Labute approximate surface area is 124 Å². The van der Waals surface area contributed by atoms with Crippen molar-refractivity contribution in [3.63, 3.8) is 0 Å². The van der Waals surface area contributed by atoms with Crippen molar-refractivity contribution in [1.82, 2.24) is 10.3 Å². The Hall–Kier alpha value is -1.26. The zero-order valence-corrected chi connectivity index (χ0v) is 13.5. The van der Waals surface area contributed by atoms with E-state index in [2.05, 4.69) is 31.1 Å². The van der Waals surface area contributed by atoms with Crippen LogP contribution in [0.5, 0.6) is 0 Å². The van der Waals surface area contributed by atoms with Crippen LogP contribution in [0, 0.1) is 19.7 Å². The molecule has 2 nitrogen and oxygen atoms in total. The highest BCUT2D eigenvalue weighted by Crippen LogP contribution is 2.30. The Bertz CT molecular complexity index is 611. The van der Waals surface area contributed by atoms with Crippen molar-refractivity contribution in [3.05, 3.63) is 40.2 Å². The van der Waals surface area contributed by atoms with Gasteiger partial charge in [-0.3, -0.25) is 0 Å². The van der Waals surface area contributed by atoms with Crippen LogP contribution in [-0.4, -0.2) is 10.5 Å². The minimum absolute atomic E-state index is 0.0857. The number of hydrogen-bond donors (Lipinski definition) is 1. The molecule has 0 aliphatic carbocycles. The number of nitrogens with zero attached hydrogens (tertiary/aromatic N) is 1. The molecule has 0 bridgehead atoms. The third-order valence-electron chi connectivity index (χ3n) is 3.09. The number of nitrogens with one attached hydrogen (secondary N) is 1. The average molecular weight is 292 g/mol. The molecule has 20 heavy (non-hydrogen) atoms. The van der Waals surface area contributed by atoms with E-state index in [0.717, 1.165) is 28.4 Å². The topological polar surface area (TPSA) is 24.9 Å². The molecule has 0 fully saturated rings. The summed E-state index contributed by atoms with van der Waals surface area (Å²) < 4.78 is 13.2. The van der Waals surface area contributed by atoms with E-state index < -0.39 is 0 Å². The highest BCUT2D eigenvalue weighted by Gasteiger charge is 2.14. The van der Waals surface area contributed by atoms with E-state index in [1.807, 2.05) is 19.9 Å². The fourth-order valence-electron chi connectivity index (χ4n) is 1.92. The molecule has 0 saturated heterocycles. The number of benzene rings is 1. The maximum atomic E-state index is 13.2. The zero-order valence-electron chi connectivity index (χ0n) is 12.7. The maximum Gasteiger partial charge on any atom is 0.124 e. The van der Waals surface area contributed by atoms with Crippen LogP contribution in [0.2, 0.25) is 0 Å². The summed E-state index contributed by atoms with van der Waals surface area (Å²) in [6.45, 7) is 11.2. The summed E-state index contributed by atoms with van der Waals surface area (Å²) in [7, 11) is 0. The van der Waals surface area contributed by atoms with Crippen molar-refractivity contribution in [1.29, 1.82) is 0 Å². The highest BCUT2D eigenvalue weighted by atomic mass is 32.1. The molecule has 4 heteroatoms. The van der Waals surface area contributed by atoms with E-state index in [-0.39, 0.29) is 11.4 Å². The molecule has 0 atom stereocenters. The van der Waals surface area contributed by atoms with Gasteiger partial charge in [0.05, 0.1) is 5.69 Å². The molecule has 2 rings (SSSR count). The van der Waals surface area contributed by atoms with Crippen molar-refractivity contribution in [3.8, 4) is 10.6 Å². The van der Waals surface area contributed by atoms with Crippen LogP contribution in [-0.2, 0) is 6.54 Å². The minimum Gasteiger partial charge on any atom is -0.307 e. The third-order valence-corrected chi connectivity index (χ3v) is 4.28. The zero-order chi connectivity index (χ0) is 14.9. The Morgan fingerprint density at radius 3 is 2.55 bits per heavy atom. The first kappa shape index (κ1) is 15.1. The van der Waals surface area contributed by atoms with Gasteiger partial charge in [0.25, 0.3) is 0 Å². The third kappa shape index (κ3) is 3.64. The Kier molecular flexibility index (Phi) is 4.25. The number of hydrogen-bond acceptors (Lipinski definition) is 3. The van der Waals surface area contributed by atoms with Gasteiger partial charge in [0.15, 0.2) is 0 Å². The number of aromatic nitrogens is 1. The molecule has 1 aromatic carbocycles. The van der Waals surface area contributed by atoms with Crippen LogP contribution >= 0.6 is 11.3 Å². The average Bonchev–Trinajstić information content (AvgIpc) is 2.67. The van der Waals surface area contributed by atoms with Crippen LogP contribution in [0.1, 0.15) is 36.9 Å². The summed E-state index contributed by atoms with van der Waals surface area (Å²) in [6, 6.07) is 4.86. The summed E-state index contributed by atoms with van der Waals surface area (Å²) in [5, 5.41) is 4.44. The van der Waals surface area contributed by atoms with Gasteiger partial charge < -0.3 is 5.32 Å². The second-order valence-electron chi connectivity index (χ2n) is 6.09. The van der Waals surface area contributed by atoms with Crippen LogP contribution in [0.25, 0.3) is 10.6 Å². The molecular weight excluding hydrogens is 271 g/mol. The fraction of sp³-hybridized carbons (Fsp3) is 0.438. The Balaban J connectivity index is 2.26. The van der Waals surface area contributed by atoms with Crippen molar-refractivity contribution in [2.24, 2.45) is 0 Å². The van der Waals surface area contributed by atoms with Gasteiger partial charge in [-0.15, -0.1) is 11.3 Å². The second kappa shape index (κ2) is 5.62. The Morgan fingerprint density at radius 2 is 1.95 bits per heavy atom. The van der Waals surface area contributed by atoms with Crippen molar-refractivity contribution in [2.75, 3.05) is 0 Å². The van der Waals surface area contributed by atoms with Crippen LogP contribution in [0.4, 0.5) is 4.39 Å². The largest absolute Gasteiger partial charge is 0.307 e. The fourth-order valence-corrected chi connectivity index (χ4v) is 3.01. The second-order valence-corrected chi connectivity index (χ2v) is 7.17. The molecule has 1 N–H and O–H groups in total. The van der Waals surface area contributed by atoms with Gasteiger partial charge in [-0.05, 0) is 58.4 Å². The standard InChI is InChI=1S/C16H21FN2S/c1-10-8-12(17)6-7-13(10)15-19-11(2)14(20-15)9-18-16(3,4)5/h6-8,18H,9H2,1-5H3. The van der Waals surface area contributed by atoms with E-state index in [1.165, 1.54) is 10.9 Å². The van der Waals surface area contributed by atoms with Crippen LogP contribution in [0.3, 0.4) is 0 Å². The molecule has 0 aliphatic rings. The van der Waals surface area contributed by atoms with Gasteiger partial charge in [-0.25, -0.2) is 9.37 Å². The first-order valence-corrected chi connectivity index (χ1v) is 7.56.